The minimum atomic E-state index is 0.368. The zero-order chi connectivity index (χ0) is 26.4. The molecular weight excluding hydrogens is 442 g/mol. The molecule has 0 amide bonds. The van der Waals surface area contributed by atoms with Gasteiger partial charge in [-0.25, -0.2) is 0 Å². The lowest BCUT2D eigenvalue weighted by atomic mass is 10.1. The van der Waals surface area contributed by atoms with Crippen LogP contribution < -0.4 is 0 Å². The lowest BCUT2D eigenvalue weighted by Crippen LogP contribution is -2.37. The topological polar surface area (TPSA) is 21.7 Å². The Kier molecular flexibility index (Phi) is 30.0. The van der Waals surface area contributed by atoms with E-state index in [9.17, 15) is 0 Å². The Bertz CT molecular complexity index is 461. The number of nitrogens with zero attached hydrogens (tertiary/aromatic N) is 1. The van der Waals surface area contributed by atoms with Crippen molar-refractivity contribution in [2.75, 3.05) is 40.5 Å². The second-order valence-electron chi connectivity index (χ2n) is 10.8. The smallest absolute Gasteiger partial charge is 0.0644 e. The molecule has 0 aliphatic carbocycles. The van der Waals surface area contributed by atoms with Crippen LogP contribution in [0, 0.1) is 0 Å². The van der Waals surface area contributed by atoms with E-state index < -0.39 is 0 Å². The zero-order valence-corrected chi connectivity index (χ0v) is 25.1. The highest BCUT2D eigenvalue weighted by atomic mass is 16.5. The van der Waals surface area contributed by atoms with Gasteiger partial charge in [-0.2, -0.15) is 0 Å². The summed E-state index contributed by atoms with van der Waals surface area (Å²) in [5.74, 6) is 0. The first kappa shape index (κ1) is 35.4. The summed E-state index contributed by atoms with van der Waals surface area (Å²) < 4.78 is 11.9. The molecule has 0 aliphatic heterocycles. The number of allylic oxidation sites excluding steroid dienone is 4. The van der Waals surface area contributed by atoms with Gasteiger partial charge in [0.2, 0.25) is 0 Å². The average Bonchev–Trinajstić information content (AvgIpc) is 2.87. The van der Waals surface area contributed by atoms with Crippen LogP contribution in [0.5, 0.6) is 0 Å². The number of hydrogen-bond acceptors (Lipinski definition) is 3. The summed E-state index contributed by atoms with van der Waals surface area (Å²) in [7, 11) is 4.26. The largest absolute Gasteiger partial charge is 0.380 e. The standard InChI is InChI=1S/C33H65NO2/c1-5-7-9-11-13-14-15-16-17-18-19-20-21-22-23-24-26-28-30-36-32-33(34(3)4)31-35-29-27-25-12-10-8-6-2/h13-14,16-17,33H,5-12,15,18-32H2,1-4H3/b14-13-,17-16-/t33-/m0/s1. The lowest BCUT2D eigenvalue weighted by molar-refractivity contribution is 0.0197. The van der Waals surface area contributed by atoms with Crippen LogP contribution in [0.15, 0.2) is 24.3 Å². The maximum absolute atomic E-state index is 5.98. The fraction of sp³-hybridized carbons (Fsp3) is 0.879. The van der Waals surface area contributed by atoms with Gasteiger partial charge in [0, 0.05) is 13.2 Å². The quantitative estimate of drug-likeness (QED) is 0.0742. The van der Waals surface area contributed by atoms with E-state index in [0.717, 1.165) is 32.8 Å². The molecule has 0 fully saturated rings. The monoisotopic (exact) mass is 508 g/mol. The van der Waals surface area contributed by atoms with Gasteiger partial charge in [0.1, 0.15) is 0 Å². The Balaban J connectivity index is 3.41. The normalized spacial score (nSPS) is 13.0. The third-order valence-electron chi connectivity index (χ3n) is 6.98. The molecular formula is C33H65NO2. The van der Waals surface area contributed by atoms with Crippen LogP contribution in [0.2, 0.25) is 0 Å². The van der Waals surface area contributed by atoms with Crippen LogP contribution in [0.3, 0.4) is 0 Å². The highest BCUT2D eigenvalue weighted by Gasteiger charge is 2.11. The van der Waals surface area contributed by atoms with Crippen molar-refractivity contribution in [3.05, 3.63) is 24.3 Å². The third-order valence-corrected chi connectivity index (χ3v) is 6.98. The van der Waals surface area contributed by atoms with Crippen LogP contribution in [0.1, 0.15) is 142 Å². The van der Waals surface area contributed by atoms with E-state index in [2.05, 4.69) is 57.1 Å². The third kappa shape index (κ3) is 27.9. The predicted molar refractivity (Wildman–Crippen MR) is 161 cm³/mol. The predicted octanol–water partition coefficient (Wildman–Crippen LogP) is 9.90. The second kappa shape index (κ2) is 30.6. The van der Waals surface area contributed by atoms with E-state index in [1.54, 1.807) is 0 Å². The molecule has 0 aromatic rings. The van der Waals surface area contributed by atoms with Crippen LogP contribution >= 0.6 is 0 Å². The van der Waals surface area contributed by atoms with E-state index in [0.29, 0.717) is 6.04 Å². The molecule has 0 bridgehead atoms. The maximum atomic E-state index is 5.98. The Hall–Kier alpha value is -0.640. The van der Waals surface area contributed by atoms with Gasteiger partial charge in [-0.1, -0.05) is 122 Å². The average molecular weight is 508 g/mol. The molecule has 36 heavy (non-hydrogen) atoms. The highest BCUT2D eigenvalue weighted by molar-refractivity contribution is 4.92. The highest BCUT2D eigenvalue weighted by Crippen LogP contribution is 2.11. The molecule has 0 rings (SSSR count). The molecule has 0 aliphatic rings. The van der Waals surface area contributed by atoms with E-state index in [1.807, 2.05) is 0 Å². The molecule has 1 atom stereocenters. The van der Waals surface area contributed by atoms with E-state index in [4.69, 9.17) is 9.47 Å². The van der Waals surface area contributed by atoms with Gasteiger partial charge in [-0.15, -0.1) is 0 Å². The number of likely N-dealkylation sites (N-methyl/N-ethyl adjacent to an activating group) is 1. The molecule has 0 saturated heterocycles. The van der Waals surface area contributed by atoms with Crippen molar-refractivity contribution >= 4 is 0 Å². The van der Waals surface area contributed by atoms with Gasteiger partial charge in [-0.3, -0.25) is 0 Å². The summed E-state index contributed by atoms with van der Waals surface area (Å²) in [5.41, 5.74) is 0. The number of hydrogen-bond donors (Lipinski definition) is 0. The van der Waals surface area contributed by atoms with Gasteiger partial charge < -0.3 is 14.4 Å². The minimum Gasteiger partial charge on any atom is -0.380 e. The van der Waals surface area contributed by atoms with Crippen LogP contribution in [-0.4, -0.2) is 51.5 Å². The number of rotatable bonds is 29. The van der Waals surface area contributed by atoms with Crippen LogP contribution in [0.4, 0.5) is 0 Å². The molecule has 0 heterocycles. The Morgan fingerprint density at radius 1 is 0.500 bits per heavy atom. The minimum absolute atomic E-state index is 0.368. The summed E-state index contributed by atoms with van der Waals surface area (Å²) in [6, 6.07) is 0.368. The van der Waals surface area contributed by atoms with Gasteiger partial charge in [0.15, 0.2) is 0 Å². The summed E-state index contributed by atoms with van der Waals surface area (Å²) >= 11 is 0. The summed E-state index contributed by atoms with van der Waals surface area (Å²) in [6.45, 7) is 7.89. The summed E-state index contributed by atoms with van der Waals surface area (Å²) in [5, 5.41) is 0. The molecule has 3 nitrogen and oxygen atoms in total. The molecule has 0 radical (unpaired) electrons. The Morgan fingerprint density at radius 3 is 1.36 bits per heavy atom. The van der Waals surface area contributed by atoms with Gasteiger partial charge in [0.05, 0.1) is 19.3 Å². The zero-order valence-electron chi connectivity index (χ0n) is 25.1. The summed E-state index contributed by atoms with van der Waals surface area (Å²) in [6.07, 6.45) is 35.7. The van der Waals surface area contributed by atoms with Crippen molar-refractivity contribution in [2.24, 2.45) is 0 Å². The van der Waals surface area contributed by atoms with E-state index >= 15 is 0 Å². The molecule has 0 N–H and O–H groups in total. The SMILES string of the molecule is CCCCC/C=C\C/C=C\CCCCCCCCCCOC[C@H](COCCCCCCCC)N(C)C. The summed E-state index contributed by atoms with van der Waals surface area (Å²) in [4.78, 5) is 2.24. The van der Waals surface area contributed by atoms with E-state index in [-0.39, 0.29) is 0 Å². The van der Waals surface area contributed by atoms with Crippen LogP contribution in [-0.2, 0) is 9.47 Å². The molecule has 214 valence electrons. The van der Waals surface area contributed by atoms with Crippen LogP contribution in [0.25, 0.3) is 0 Å². The first-order valence-corrected chi connectivity index (χ1v) is 15.8. The molecule has 0 aromatic heterocycles. The van der Waals surface area contributed by atoms with Crippen molar-refractivity contribution < 1.29 is 9.47 Å². The molecule has 3 heteroatoms. The number of unbranched alkanes of at least 4 members (excludes halogenated alkanes) is 16. The van der Waals surface area contributed by atoms with Crippen molar-refractivity contribution in [1.29, 1.82) is 0 Å². The van der Waals surface area contributed by atoms with Crippen molar-refractivity contribution in [3.8, 4) is 0 Å². The number of ether oxygens (including phenoxy) is 2. The van der Waals surface area contributed by atoms with Gasteiger partial charge >= 0.3 is 0 Å². The molecule has 0 aromatic carbocycles. The van der Waals surface area contributed by atoms with E-state index in [1.165, 1.54) is 122 Å². The van der Waals surface area contributed by atoms with Gasteiger partial charge in [0.25, 0.3) is 0 Å². The Labute approximate surface area is 227 Å². The van der Waals surface area contributed by atoms with Crippen molar-refractivity contribution in [2.45, 2.75) is 148 Å². The maximum Gasteiger partial charge on any atom is 0.0644 e. The Morgan fingerprint density at radius 2 is 0.889 bits per heavy atom. The molecule has 0 unspecified atom stereocenters. The molecule has 0 spiro atoms. The van der Waals surface area contributed by atoms with Crippen molar-refractivity contribution in [1.82, 2.24) is 4.90 Å². The fourth-order valence-corrected chi connectivity index (χ4v) is 4.32. The van der Waals surface area contributed by atoms with Crippen molar-refractivity contribution in [3.63, 3.8) is 0 Å². The lowest BCUT2D eigenvalue weighted by Gasteiger charge is -2.24. The fourth-order valence-electron chi connectivity index (χ4n) is 4.32. The first-order chi connectivity index (χ1) is 17.7. The molecule has 0 saturated carbocycles. The first-order valence-electron chi connectivity index (χ1n) is 15.8. The van der Waals surface area contributed by atoms with Gasteiger partial charge in [-0.05, 0) is 59.0 Å². The second-order valence-corrected chi connectivity index (χ2v) is 10.8.